The van der Waals surface area contributed by atoms with E-state index in [-0.39, 0.29) is 0 Å². The lowest BCUT2D eigenvalue weighted by atomic mass is 10.6. The van der Waals surface area contributed by atoms with Crippen LogP contribution in [0.1, 0.15) is 5.01 Å². The van der Waals surface area contributed by atoms with E-state index in [4.69, 9.17) is 0 Å². The first-order chi connectivity index (χ1) is 4.29. The Balaban J connectivity index is 2.48. The van der Waals surface area contributed by atoms with E-state index in [1.54, 1.807) is 6.33 Å². The third kappa shape index (κ3) is 2.07. The molecule has 4 heteroatoms. The van der Waals surface area contributed by atoms with Gasteiger partial charge in [0, 0.05) is 0 Å². The zero-order chi connectivity index (χ0) is 6.69. The summed E-state index contributed by atoms with van der Waals surface area (Å²) < 4.78 is 3.88. The first-order valence-corrected chi connectivity index (χ1v) is 3.46. The molecule has 50 valence electrons. The summed E-state index contributed by atoms with van der Waals surface area (Å²) in [6.45, 7) is 0.894. The van der Waals surface area contributed by atoms with E-state index in [2.05, 4.69) is 14.3 Å². The van der Waals surface area contributed by atoms with Crippen LogP contribution in [0.3, 0.4) is 0 Å². The van der Waals surface area contributed by atoms with Crippen LogP contribution in [-0.2, 0) is 6.54 Å². The standard InChI is InChI=1S/C5H9N3S/c1-8(2)3-5-6-4-7-9-5/h4H,3H2,1-2H3. The molecule has 1 aromatic heterocycles. The minimum absolute atomic E-state index is 0.894. The highest BCUT2D eigenvalue weighted by molar-refractivity contribution is 7.05. The molecular weight excluding hydrogens is 134 g/mol. The van der Waals surface area contributed by atoms with Crippen LogP contribution in [-0.4, -0.2) is 28.4 Å². The van der Waals surface area contributed by atoms with Gasteiger partial charge in [0.05, 0.1) is 6.54 Å². The van der Waals surface area contributed by atoms with Crippen molar-refractivity contribution < 1.29 is 0 Å². The molecule has 0 aliphatic rings. The molecule has 0 saturated carbocycles. The average Bonchev–Trinajstić information content (AvgIpc) is 2.15. The van der Waals surface area contributed by atoms with Crippen LogP contribution in [0.5, 0.6) is 0 Å². The largest absolute Gasteiger partial charge is 0.303 e. The summed E-state index contributed by atoms with van der Waals surface area (Å²) in [5.74, 6) is 0. The van der Waals surface area contributed by atoms with Crippen molar-refractivity contribution in [2.45, 2.75) is 6.54 Å². The van der Waals surface area contributed by atoms with E-state index in [0.717, 1.165) is 11.6 Å². The van der Waals surface area contributed by atoms with Crippen LogP contribution >= 0.6 is 11.5 Å². The lowest BCUT2D eigenvalue weighted by molar-refractivity contribution is 0.401. The maximum atomic E-state index is 4.02. The Labute approximate surface area is 58.5 Å². The van der Waals surface area contributed by atoms with Gasteiger partial charge in [0.15, 0.2) is 0 Å². The fraction of sp³-hybridized carbons (Fsp3) is 0.600. The first-order valence-electron chi connectivity index (χ1n) is 2.69. The quantitative estimate of drug-likeness (QED) is 0.607. The molecule has 1 rings (SSSR count). The van der Waals surface area contributed by atoms with Gasteiger partial charge in [0.1, 0.15) is 11.3 Å². The molecule has 0 bridgehead atoms. The summed E-state index contributed by atoms with van der Waals surface area (Å²) in [5, 5.41) is 1.07. The Morgan fingerprint density at radius 1 is 1.67 bits per heavy atom. The molecule has 0 aliphatic heterocycles. The Bertz CT molecular complexity index is 159. The highest BCUT2D eigenvalue weighted by Crippen LogP contribution is 2.00. The molecule has 0 amide bonds. The van der Waals surface area contributed by atoms with Crippen molar-refractivity contribution in [3.05, 3.63) is 11.3 Å². The van der Waals surface area contributed by atoms with Crippen molar-refractivity contribution in [2.75, 3.05) is 14.1 Å². The van der Waals surface area contributed by atoms with Crippen LogP contribution in [0.15, 0.2) is 6.33 Å². The number of hydrogen-bond acceptors (Lipinski definition) is 4. The van der Waals surface area contributed by atoms with E-state index in [1.807, 2.05) is 14.1 Å². The fourth-order valence-electron chi connectivity index (χ4n) is 0.536. The molecule has 1 heterocycles. The second-order valence-corrected chi connectivity index (χ2v) is 2.94. The Morgan fingerprint density at radius 2 is 2.44 bits per heavy atom. The second kappa shape index (κ2) is 2.89. The van der Waals surface area contributed by atoms with Gasteiger partial charge in [-0.25, -0.2) is 4.98 Å². The highest BCUT2D eigenvalue weighted by Gasteiger charge is 1.95. The summed E-state index contributed by atoms with van der Waals surface area (Å²) in [5.41, 5.74) is 0. The molecule has 0 saturated heterocycles. The molecule has 0 unspecified atom stereocenters. The monoisotopic (exact) mass is 143 g/mol. The molecule has 0 spiro atoms. The third-order valence-electron chi connectivity index (χ3n) is 0.858. The molecule has 0 aliphatic carbocycles. The molecule has 0 aromatic carbocycles. The van der Waals surface area contributed by atoms with Crippen molar-refractivity contribution in [1.82, 2.24) is 14.3 Å². The smallest absolute Gasteiger partial charge is 0.129 e. The van der Waals surface area contributed by atoms with Crippen LogP contribution in [0.25, 0.3) is 0 Å². The Kier molecular flexibility index (Phi) is 2.13. The van der Waals surface area contributed by atoms with Gasteiger partial charge in [-0.2, -0.15) is 4.37 Å². The van der Waals surface area contributed by atoms with Crippen molar-refractivity contribution in [1.29, 1.82) is 0 Å². The number of nitrogens with zero attached hydrogens (tertiary/aromatic N) is 3. The summed E-state index contributed by atoms with van der Waals surface area (Å²) >= 11 is 1.45. The van der Waals surface area contributed by atoms with Gasteiger partial charge in [0.2, 0.25) is 0 Å². The minimum Gasteiger partial charge on any atom is -0.303 e. The number of aromatic nitrogens is 2. The van der Waals surface area contributed by atoms with Crippen LogP contribution < -0.4 is 0 Å². The normalized spacial score (nSPS) is 10.6. The summed E-state index contributed by atoms with van der Waals surface area (Å²) in [6.07, 6.45) is 1.59. The van der Waals surface area contributed by atoms with E-state index in [0.29, 0.717) is 0 Å². The van der Waals surface area contributed by atoms with Gasteiger partial charge in [-0.05, 0) is 25.6 Å². The molecule has 0 N–H and O–H groups in total. The predicted octanol–water partition coefficient (Wildman–Crippen LogP) is 0.600. The molecule has 9 heavy (non-hydrogen) atoms. The van der Waals surface area contributed by atoms with E-state index in [9.17, 15) is 0 Å². The second-order valence-electron chi connectivity index (χ2n) is 2.07. The molecular formula is C5H9N3S. The van der Waals surface area contributed by atoms with E-state index >= 15 is 0 Å². The predicted molar refractivity (Wildman–Crippen MR) is 37.3 cm³/mol. The lowest BCUT2D eigenvalue weighted by Crippen LogP contribution is -2.09. The van der Waals surface area contributed by atoms with Crippen LogP contribution in [0.2, 0.25) is 0 Å². The Hall–Kier alpha value is -0.480. The van der Waals surface area contributed by atoms with Gasteiger partial charge in [-0.15, -0.1) is 0 Å². The average molecular weight is 143 g/mol. The van der Waals surface area contributed by atoms with Gasteiger partial charge >= 0.3 is 0 Å². The zero-order valence-electron chi connectivity index (χ0n) is 5.53. The molecule has 0 fully saturated rings. The number of rotatable bonds is 2. The lowest BCUT2D eigenvalue weighted by Gasteiger charge is -2.03. The highest BCUT2D eigenvalue weighted by atomic mass is 32.1. The summed E-state index contributed by atoms with van der Waals surface area (Å²) in [4.78, 5) is 6.09. The number of hydrogen-bond donors (Lipinski definition) is 0. The van der Waals surface area contributed by atoms with Gasteiger partial charge in [-0.1, -0.05) is 0 Å². The molecule has 0 atom stereocenters. The SMILES string of the molecule is CN(C)Cc1ncns1. The van der Waals surface area contributed by atoms with Gasteiger partial charge in [-0.3, -0.25) is 0 Å². The van der Waals surface area contributed by atoms with Gasteiger partial charge in [0.25, 0.3) is 0 Å². The van der Waals surface area contributed by atoms with E-state index in [1.165, 1.54) is 11.5 Å². The van der Waals surface area contributed by atoms with Crippen LogP contribution in [0, 0.1) is 0 Å². The summed E-state index contributed by atoms with van der Waals surface area (Å²) in [6, 6.07) is 0. The van der Waals surface area contributed by atoms with E-state index < -0.39 is 0 Å². The molecule has 3 nitrogen and oxygen atoms in total. The molecule has 0 radical (unpaired) electrons. The maximum Gasteiger partial charge on any atom is 0.129 e. The topological polar surface area (TPSA) is 29.0 Å². The Morgan fingerprint density at radius 3 is 2.89 bits per heavy atom. The minimum atomic E-state index is 0.894. The van der Waals surface area contributed by atoms with Crippen molar-refractivity contribution in [3.63, 3.8) is 0 Å². The van der Waals surface area contributed by atoms with Crippen molar-refractivity contribution >= 4 is 11.5 Å². The van der Waals surface area contributed by atoms with Crippen molar-refractivity contribution in [3.8, 4) is 0 Å². The maximum absolute atomic E-state index is 4.02. The summed E-state index contributed by atoms with van der Waals surface area (Å²) in [7, 11) is 4.03. The first kappa shape index (κ1) is 6.64. The fourth-order valence-corrected chi connectivity index (χ4v) is 1.16. The zero-order valence-corrected chi connectivity index (χ0v) is 6.35. The third-order valence-corrected chi connectivity index (χ3v) is 1.50. The van der Waals surface area contributed by atoms with Gasteiger partial charge < -0.3 is 4.90 Å². The van der Waals surface area contributed by atoms with Crippen molar-refractivity contribution in [2.24, 2.45) is 0 Å². The van der Waals surface area contributed by atoms with Crippen LogP contribution in [0.4, 0.5) is 0 Å². The molecule has 1 aromatic rings.